The highest BCUT2D eigenvalue weighted by molar-refractivity contribution is 14.0. The lowest BCUT2D eigenvalue weighted by atomic mass is 10.2. The first-order valence-corrected chi connectivity index (χ1v) is 6.21. The number of guanidine groups is 1. The van der Waals surface area contributed by atoms with Gasteiger partial charge in [0.05, 0.1) is 0 Å². The maximum absolute atomic E-state index is 5.96. The smallest absolute Gasteiger partial charge is 0.193 e. The Hall–Kier alpha value is -0.490. The van der Waals surface area contributed by atoms with Gasteiger partial charge in [0.1, 0.15) is 0 Å². The number of nitrogens with one attached hydrogen (secondary N) is 1. The molecule has 0 saturated carbocycles. The predicted octanol–water partition coefficient (Wildman–Crippen LogP) is 3.38. The van der Waals surface area contributed by atoms with Gasteiger partial charge in [-0.3, -0.25) is 4.99 Å². The average Bonchev–Trinajstić information content (AvgIpc) is 2.30. The molecule has 1 aromatic carbocycles. The lowest BCUT2D eigenvalue weighted by Gasteiger charge is -2.22. The van der Waals surface area contributed by atoms with Crippen LogP contribution in [0.25, 0.3) is 0 Å². The molecule has 102 valence electrons. The van der Waals surface area contributed by atoms with Gasteiger partial charge >= 0.3 is 0 Å². The van der Waals surface area contributed by atoms with Crippen LogP contribution in [0.15, 0.2) is 29.3 Å². The molecule has 0 heterocycles. The average molecular weight is 382 g/mol. The summed E-state index contributed by atoms with van der Waals surface area (Å²) in [5, 5.41) is 4.07. The molecule has 1 aromatic rings. The van der Waals surface area contributed by atoms with Crippen molar-refractivity contribution in [2.75, 3.05) is 20.6 Å². The zero-order chi connectivity index (χ0) is 12.7. The Morgan fingerprint density at radius 2 is 2.17 bits per heavy atom. The molecule has 3 nitrogen and oxygen atoms in total. The van der Waals surface area contributed by atoms with Gasteiger partial charge in [0.25, 0.3) is 0 Å². The molecule has 0 unspecified atom stereocenters. The second-order valence-electron chi connectivity index (χ2n) is 3.96. The summed E-state index contributed by atoms with van der Waals surface area (Å²) in [6.07, 6.45) is 1.09. The minimum Gasteiger partial charge on any atom is -0.356 e. The van der Waals surface area contributed by atoms with Crippen LogP contribution in [0.3, 0.4) is 0 Å². The molecule has 0 aliphatic carbocycles. The van der Waals surface area contributed by atoms with Crippen molar-refractivity contribution in [2.24, 2.45) is 4.99 Å². The van der Waals surface area contributed by atoms with Crippen molar-refractivity contribution in [1.82, 2.24) is 10.2 Å². The largest absolute Gasteiger partial charge is 0.356 e. The van der Waals surface area contributed by atoms with E-state index < -0.39 is 0 Å². The molecule has 0 saturated heterocycles. The second-order valence-corrected chi connectivity index (χ2v) is 4.40. The van der Waals surface area contributed by atoms with Crippen LogP contribution < -0.4 is 5.32 Å². The summed E-state index contributed by atoms with van der Waals surface area (Å²) in [4.78, 5) is 6.33. The van der Waals surface area contributed by atoms with E-state index in [1.54, 1.807) is 7.05 Å². The highest BCUT2D eigenvalue weighted by atomic mass is 127. The molecule has 0 atom stereocenters. The Labute approximate surface area is 132 Å². The minimum absolute atomic E-state index is 0. The Morgan fingerprint density at radius 1 is 1.44 bits per heavy atom. The molecule has 0 aromatic heterocycles. The minimum atomic E-state index is 0. The molecule has 0 bridgehead atoms. The van der Waals surface area contributed by atoms with Gasteiger partial charge in [-0.2, -0.15) is 0 Å². The molecule has 5 heteroatoms. The molecule has 0 radical (unpaired) electrons. The summed E-state index contributed by atoms with van der Waals surface area (Å²) in [7, 11) is 3.82. The van der Waals surface area contributed by atoms with Crippen LogP contribution in [-0.4, -0.2) is 31.5 Å². The Kier molecular flexibility index (Phi) is 9.18. The van der Waals surface area contributed by atoms with E-state index in [9.17, 15) is 0 Å². The zero-order valence-electron chi connectivity index (χ0n) is 11.1. The van der Waals surface area contributed by atoms with Gasteiger partial charge in [-0.05, 0) is 24.1 Å². The zero-order valence-corrected chi connectivity index (χ0v) is 14.2. The maximum atomic E-state index is 5.96. The highest BCUT2D eigenvalue weighted by Gasteiger charge is 2.05. The van der Waals surface area contributed by atoms with Gasteiger partial charge in [-0.1, -0.05) is 30.7 Å². The molecule has 18 heavy (non-hydrogen) atoms. The van der Waals surface area contributed by atoms with Gasteiger partial charge in [0, 0.05) is 32.2 Å². The van der Waals surface area contributed by atoms with Gasteiger partial charge in [-0.15, -0.1) is 24.0 Å². The Balaban J connectivity index is 0.00000289. The summed E-state index contributed by atoms with van der Waals surface area (Å²) in [5.41, 5.74) is 1.18. The van der Waals surface area contributed by atoms with E-state index in [0.29, 0.717) is 0 Å². The van der Waals surface area contributed by atoms with Crippen molar-refractivity contribution in [3.8, 4) is 0 Å². The molecule has 1 N–H and O–H groups in total. The number of rotatable bonds is 4. The quantitative estimate of drug-likeness (QED) is 0.492. The van der Waals surface area contributed by atoms with Crippen molar-refractivity contribution < 1.29 is 0 Å². The Morgan fingerprint density at radius 3 is 2.72 bits per heavy atom. The number of aliphatic imine (C=N–C) groups is 1. The first kappa shape index (κ1) is 17.5. The number of hydrogen-bond donors (Lipinski definition) is 1. The van der Waals surface area contributed by atoms with E-state index in [2.05, 4.69) is 28.2 Å². The fourth-order valence-electron chi connectivity index (χ4n) is 1.61. The third-order valence-electron chi connectivity index (χ3n) is 2.42. The van der Waals surface area contributed by atoms with Crippen molar-refractivity contribution in [1.29, 1.82) is 0 Å². The lowest BCUT2D eigenvalue weighted by Crippen LogP contribution is -2.38. The Bertz CT molecular complexity index is 382. The SMILES string of the molecule is CCCNC(=NC)N(C)Cc1cccc(Cl)c1.I. The number of benzene rings is 1. The first-order valence-electron chi connectivity index (χ1n) is 5.83. The molecule has 0 aliphatic rings. The van der Waals surface area contributed by atoms with Crippen molar-refractivity contribution in [2.45, 2.75) is 19.9 Å². The fraction of sp³-hybridized carbons (Fsp3) is 0.462. The molecule has 1 rings (SSSR count). The molecule has 0 aliphatic heterocycles. The van der Waals surface area contributed by atoms with Crippen LogP contribution in [0, 0.1) is 0 Å². The van der Waals surface area contributed by atoms with Gasteiger partial charge < -0.3 is 10.2 Å². The third-order valence-corrected chi connectivity index (χ3v) is 2.65. The fourth-order valence-corrected chi connectivity index (χ4v) is 1.82. The standard InChI is InChI=1S/C13H20ClN3.HI/c1-4-8-16-13(15-2)17(3)10-11-6-5-7-12(14)9-11;/h5-7,9H,4,8,10H2,1-3H3,(H,15,16);1H. The normalized spacial score (nSPS) is 10.8. The summed E-state index contributed by atoms with van der Waals surface area (Å²) >= 11 is 5.96. The number of hydrogen-bond acceptors (Lipinski definition) is 1. The molecular weight excluding hydrogens is 361 g/mol. The van der Waals surface area contributed by atoms with Crippen LogP contribution in [0.4, 0.5) is 0 Å². The molecular formula is C13H21ClIN3. The van der Waals surface area contributed by atoms with Crippen LogP contribution in [0.5, 0.6) is 0 Å². The maximum Gasteiger partial charge on any atom is 0.193 e. The van der Waals surface area contributed by atoms with Crippen LogP contribution in [-0.2, 0) is 6.54 Å². The molecule has 0 amide bonds. The van der Waals surface area contributed by atoms with E-state index in [-0.39, 0.29) is 24.0 Å². The third kappa shape index (κ3) is 5.91. The summed E-state index contributed by atoms with van der Waals surface area (Å²) in [5.74, 6) is 0.909. The molecule has 0 fully saturated rings. The van der Waals surface area contributed by atoms with Crippen molar-refractivity contribution in [3.05, 3.63) is 34.9 Å². The number of nitrogens with zero attached hydrogens (tertiary/aromatic N) is 2. The van der Waals surface area contributed by atoms with Gasteiger partial charge in [0.2, 0.25) is 0 Å². The van der Waals surface area contributed by atoms with E-state index in [1.807, 2.05) is 25.2 Å². The van der Waals surface area contributed by atoms with Crippen LogP contribution in [0.1, 0.15) is 18.9 Å². The highest BCUT2D eigenvalue weighted by Crippen LogP contribution is 2.12. The second kappa shape index (κ2) is 9.44. The van der Waals surface area contributed by atoms with Crippen molar-refractivity contribution >= 4 is 41.5 Å². The van der Waals surface area contributed by atoms with E-state index in [4.69, 9.17) is 11.6 Å². The van der Waals surface area contributed by atoms with Gasteiger partial charge in [0.15, 0.2) is 5.96 Å². The van der Waals surface area contributed by atoms with Crippen molar-refractivity contribution in [3.63, 3.8) is 0 Å². The van der Waals surface area contributed by atoms with Crippen LogP contribution >= 0.6 is 35.6 Å². The van der Waals surface area contributed by atoms with Crippen LogP contribution in [0.2, 0.25) is 5.02 Å². The topological polar surface area (TPSA) is 27.6 Å². The van der Waals surface area contributed by atoms with E-state index in [1.165, 1.54) is 5.56 Å². The summed E-state index contributed by atoms with van der Waals surface area (Å²) in [6, 6.07) is 7.89. The van der Waals surface area contributed by atoms with Gasteiger partial charge in [-0.25, -0.2) is 0 Å². The summed E-state index contributed by atoms with van der Waals surface area (Å²) in [6.45, 7) is 3.87. The number of halogens is 2. The van der Waals surface area contributed by atoms with E-state index in [0.717, 1.165) is 30.5 Å². The predicted molar refractivity (Wildman–Crippen MR) is 90.0 cm³/mol. The first-order chi connectivity index (χ1) is 8.17. The monoisotopic (exact) mass is 381 g/mol. The lowest BCUT2D eigenvalue weighted by molar-refractivity contribution is 0.477. The molecule has 0 spiro atoms. The van der Waals surface area contributed by atoms with E-state index >= 15 is 0 Å². The summed E-state index contributed by atoms with van der Waals surface area (Å²) < 4.78 is 0.